The second kappa shape index (κ2) is 12.3. The van der Waals surface area contributed by atoms with E-state index in [2.05, 4.69) is 141 Å². The van der Waals surface area contributed by atoms with Gasteiger partial charge in [0.05, 0.1) is 0 Å². The molecule has 0 nitrogen and oxygen atoms in total. The Kier molecular flexibility index (Phi) is 9.25. The molecule has 0 spiro atoms. The summed E-state index contributed by atoms with van der Waals surface area (Å²) in [6.07, 6.45) is 9.31. The summed E-state index contributed by atoms with van der Waals surface area (Å²) < 4.78 is 4.02. The summed E-state index contributed by atoms with van der Waals surface area (Å²) >= 11 is -2.50. The molecule has 0 unspecified atom stereocenters. The Hall–Kier alpha value is -2.31. The van der Waals surface area contributed by atoms with Gasteiger partial charge in [0, 0.05) is 0 Å². The minimum atomic E-state index is -2.50. The Labute approximate surface area is 247 Å². The zero-order chi connectivity index (χ0) is 24.5. The molecule has 0 bridgehead atoms. The second-order valence-corrected chi connectivity index (χ2v) is 17.0. The quantitative estimate of drug-likeness (QED) is 0.314. The molecule has 3 heteroatoms. The summed E-state index contributed by atoms with van der Waals surface area (Å²) in [5.41, 5.74) is 8.84. The average Bonchev–Trinajstić information content (AvgIpc) is 3.57. The molecule has 0 radical (unpaired) electrons. The molecule has 0 saturated heterocycles. The number of hydrogen-bond donors (Lipinski definition) is 0. The molecular formula is C35H32Cl2Zr. The van der Waals surface area contributed by atoms with Crippen molar-refractivity contribution in [2.45, 2.75) is 35.7 Å². The van der Waals surface area contributed by atoms with Gasteiger partial charge in [0.2, 0.25) is 0 Å². The molecule has 190 valence electrons. The first-order valence-corrected chi connectivity index (χ1v) is 16.9. The molecular weight excluding hydrogens is 583 g/mol. The van der Waals surface area contributed by atoms with Crippen LogP contribution in [0.5, 0.6) is 0 Å². The minimum absolute atomic E-state index is 0. The van der Waals surface area contributed by atoms with E-state index in [1.807, 2.05) is 0 Å². The Balaban J connectivity index is 0.00000168. The zero-order valence-corrected chi connectivity index (χ0v) is 25.8. The van der Waals surface area contributed by atoms with Crippen LogP contribution in [0.25, 0.3) is 11.1 Å². The molecule has 38 heavy (non-hydrogen) atoms. The normalized spacial score (nSPS) is 14.1. The number of rotatable bonds is 6. The van der Waals surface area contributed by atoms with Crippen LogP contribution in [0.1, 0.15) is 46.1 Å². The molecule has 4 aromatic rings. The Morgan fingerprint density at radius 3 is 1.79 bits per heavy atom. The zero-order valence-electron chi connectivity index (χ0n) is 21.9. The summed E-state index contributed by atoms with van der Waals surface area (Å²) in [5.74, 6) is 0. The minimum Gasteiger partial charge on any atom is -1.00 e. The van der Waals surface area contributed by atoms with Crippen LogP contribution in [-0.4, -0.2) is 3.21 Å². The van der Waals surface area contributed by atoms with Gasteiger partial charge >= 0.3 is 224 Å². The van der Waals surface area contributed by atoms with Crippen LogP contribution in [0.2, 0.25) is 0 Å². The first-order chi connectivity index (χ1) is 17.6. The van der Waals surface area contributed by atoms with E-state index in [4.69, 9.17) is 0 Å². The number of benzene rings is 4. The first kappa shape index (κ1) is 28.7. The van der Waals surface area contributed by atoms with Crippen molar-refractivity contribution < 1.29 is 46.1 Å². The monoisotopic (exact) mass is 612 g/mol. The first-order valence-electron chi connectivity index (χ1n) is 13.0. The van der Waals surface area contributed by atoms with Crippen molar-refractivity contribution in [2.75, 3.05) is 0 Å². The summed E-state index contributed by atoms with van der Waals surface area (Å²) in [5, 5.41) is 0. The smallest absolute Gasteiger partial charge is 1.00 e. The maximum atomic E-state index is 2.48. The van der Waals surface area contributed by atoms with Gasteiger partial charge in [-0.1, -0.05) is 0 Å². The van der Waals surface area contributed by atoms with Crippen LogP contribution in [0.3, 0.4) is 0 Å². The molecule has 0 aromatic heterocycles. The molecule has 0 N–H and O–H groups in total. The second-order valence-electron chi connectivity index (χ2n) is 10.5. The van der Waals surface area contributed by atoms with Crippen molar-refractivity contribution in [3.63, 3.8) is 0 Å². The van der Waals surface area contributed by atoms with Gasteiger partial charge in [-0.05, 0) is 0 Å². The van der Waals surface area contributed by atoms with Crippen LogP contribution in [0.4, 0.5) is 0 Å². The van der Waals surface area contributed by atoms with Crippen molar-refractivity contribution in [1.82, 2.24) is 0 Å². The molecule has 0 atom stereocenters. The molecule has 0 aliphatic heterocycles. The fourth-order valence-electron chi connectivity index (χ4n) is 6.15. The van der Waals surface area contributed by atoms with E-state index in [1.54, 1.807) is 17.6 Å². The molecule has 4 aromatic carbocycles. The fraction of sp³-hybridized carbons (Fsp3) is 0.171. The van der Waals surface area contributed by atoms with Gasteiger partial charge < -0.3 is 24.8 Å². The van der Waals surface area contributed by atoms with Crippen molar-refractivity contribution >= 4 is 3.21 Å². The van der Waals surface area contributed by atoms with Gasteiger partial charge in [-0.3, -0.25) is 0 Å². The summed E-state index contributed by atoms with van der Waals surface area (Å²) in [4.78, 5) is 0. The van der Waals surface area contributed by atoms with Crippen molar-refractivity contribution in [1.29, 1.82) is 0 Å². The molecule has 0 fully saturated rings. The van der Waals surface area contributed by atoms with E-state index in [-0.39, 0.29) is 30.2 Å². The van der Waals surface area contributed by atoms with Crippen molar-refractivity contribution in [2.24, 2.45) is 0 Å². The Bertz CT molecular complexity index is 1450. The third-order valence-electron chi connectivity index (χ3n) is 8.04. The Morgan fingerprint density at radius 2 is 1.24 bits per heavy atom. The van der Waals surface area contributed by atoms with Gasteiger partial charge in [-0.25, -0.2) is 0 Å². The molecule has 6 rings (SSSR count). The van der Waals surface area contributed by atoms with Gasteiger partial charge in [-0.15, -0.1) is 0 Å². The van der Waals surface area contributed by atoms with Gasteiger partial charge in [-0.2, -0.15) is 0 Å². The predicted molar refractivity (Wildman–Crippen MR) is 150 cm³/mol. The average molecular weight is 615 g/mol. The van der Waals surface area contributed by atoms with Gasteiger partial charge in [0.1, 0.15) is 0 Å². The van der Waals surface area contributed by atoms with Gasteiger partial charge in [0.25, 0.3) is 0 Å². The van der Waals surface area contributed by atoms with Crippen LogP contribution in [-0.2, 0) is 33.1 Å². The molecule has 0 heterocycles. The topological polar surface area (TPSA) is 0 Å². The number of hydrogen-bond acceptors (Lipinski definition) is 0. The molecule has 2 aliphatic carbocycles. The van der Waals surface area contributed by atoms with E-state index in [9.17, 15) is 0 Å². The van der Waals surface area contributed by atoms with Gasteiger partial charge in [0.15, 0.2) is 0 Å². The number of allylic oxidation sites excluding steroid dienone is 4. The van der Waals surface area contributed by atoms with Crippen molar-refractivity contribution in [3.05, 3.63) is 153 Å². The standard InChI is InChI=1S/C17H18.C13H9.C5H5.2ClH.Zr/c1-17(2,16-11-7-4-8-12-16)14-13-15-9-5-3-6-10-15;1-3-7-12-10(5-1)9-11-6-2-4-8-13(11)12;1-2-4-5-3-1;;;/h3-12H,13H2,1-2H3;1-9H;1-3H,4H2;2*1H;/q;;;;;+2/p-2. The third kappa shape index (κ3) is 5.27. The predicted octanol–water partition coefficient (Wildman–Crippen LogP) is 2.62. The van der Waals surface area contributed by atoms with Crippen LogP contribution < -0.4 is 24.8 Å². The molecule has 2 aliphatic rings. The van der Waals surface area contributed by atoms with Crippen LogP contribution in [0, 0.1) is 0 Å². The third-order valence-corrected chi connectivity index (χ3v) is 17.2. The van der Waals surface area contributed by atoms with Crippen LogP contribution in [0.15, 0.2) is 131 Å². The van der Waals surface area contributed by atoms with E-state index >= 15 is 0 Å². The number of halogens is 2. The van der Waals surface area contributed by atoms with E-state index in [0.717, 1.165) is 12.8 Å². The maximum absolute atomic E-state index is 2.50. The van der Waals surface area contributed by atoms with E-state index in [1.165, 1.54) is 22.3 Å². The maximum Gasteiger partial charge on any atom is -1.00 e. The summed E-state index contributed by atoms with van der Waals surface area (Å²) in [7, 11) is 0. The van der Waals surface area contributed by atoms with E-state index in [0.29, 0.717) is 3.63 Å². The van der Waals surface area contributed by atoms with E-state index < -0.39 is 21.3 Å². The van der Waals surface area contributed by atoms with Crippen molar-refractivity contribution in [3.8, 4) is 11.1 Å². The summed E-state index contributed by atoms with van der Waals surface area (Å²) in [6, 6.07) is 40.8. The van der Waals surface area contributed by atoms with Crippen LogP contribution >= 0.6 is 0 Å². The SMILES string of the molecule is CC(C)(/[C](Cc1ccccc1)=[Zr+2](/[C]1=CC=CC1)[CH]1c2ccccc2-c2ccccc21)c1ccccc1.[Cl-].[Cl-]. The molecule has 0 saturated carbocycles. The molecule has 0 amide bonds. The Morgan fingerprint density at radius 1 is 0.711 bits per heavy atom. The largest absolute Gasteiger partial charge is 1.00 e. The summed E-state index contributed by atoms with van der Waals surface area (Å²) in [6.45, 7) is 4.97. The number of fused-ring (bicyclic) bond motifs is 3. The fourth-order valence-corrected chi connectivity index (χ4v) is 16.1.